The van der Waals surface area contributed by atoms with Gasteiger partial charge in [-0.2, -0.15) is 0 Å². The molecule has 0 bridgehead atoms. The van der Waals surface area contributed by atoms with Crippen LogP contribution in [0.2, 0.25) is 0 Å². The standard InChI is InChI=1S/4C2H4O2.H2O.Pb/c4*1-2(3)4;;/h4*1H3,(H,3,4);1H2;/q;;;;;+4/p-4. The van der Waals surface area contributed by atoms with Crippen molar-refractivity contribution in [1.29, 1.82) is 0 Å². The summed E-state index contributed by atoms with van der Waals surface area (Å²) in [5.41, 5.74) is 0. The molecule has 0 aliphatic rings. The molecule has 0 atom stereocenters. The topological polar surface area (TPSA) is 137 Å². The van der Waals surface area contributed by atoms with Crippen LogP contribution in [0.1, 0.15) is 27.7 Å². The van der Waals surface area contributed by atoms with E-state index in [-0.39, 0.29) is 5.48 Å². The molecule has 0 fully saturated rings. The maximum atomic E-state index is 10.9. The number of hydrogen-bond acceptors (Lipinski definition) is 8. The van der Waals surface area contributed by atoms with Crippen molar-refractivity contribution in [1.82, 2.24) is 0 Å². The van der Waals surface area contributed by atoms with Crippen molar-refractivity contribution in [2.75, 3.05) is 0 Å². The molecule has 2 N–H and O–H groups in total. The van der Waals surface area contributed by atoms with Gasteiger partial charge in [-0.25, -0.2) is 0 Å². The average molecular weight is 461 g/mol. The molecule has 0 aromatic carbocycles. The van der Waals surface area contributed by atoms with Crippen molar-refractivity contribution in [3.8, 4) is 0 Å². The van der Waals surface area contributed by atoms with Gasteiger partial charge >= 0.3 is 104 Å². The molecule has 0 aliphatic heterocycles. The molecule has 0 amide bonds. The van der Waals surface area contributed by atoms with E-state index in [4.69, 9.17) is 0 Å². The third kappa shape index (κ3) is 7.94. The van der Waals surface area contributed by atoms with Crippen molar-refractivity contribution in [3.63, 3.8) is 0 Å². The Labute approximate surface area is 110 Å². The van der Waals surface area contributed by atoms with Crippen LogP contribution in [0.3, 0.4) is 0 Å². The first kappa shape index (κ1) is 19.1. The molecule has 9 nitrogen and oxygen atoms in total. The minimum Gasteiger partial charge on any atom is -0.412 e. The summed E-state index contributed by atoms with van der Waals surface area (Å²) < 4.78 is 18.5. The summed E-state index contributed by atoms with van der Waals surface area (Å²) in [6.45, 7) is 4.02. The van der Waals surface area contributed by atoms with E-state index < -0.39 is 46.9 Å². The van der Waals surface area contributed by atoms with Gasteiger partial charge < -0.3 is 5.48 Å². The Morgan fingerprint density at radius 3 is 0.889 bits per heavy atom. The van der Waals surface area contributed by atoms with Crippen molar-refractivity contribution in [2.45, 2.75) is 27.7 Å². The van der Waals surface area contributed by atoms with Gasteiger partial charge in [-0.05, 0) is 0 Å². The van der Waals surface area contributed by atoms with Crippen LogP contribution in [0.15, 0.2) is 0 Å². The molecule has 18 heavy (non-hydrogen) atoms. The summed E-state index contributed by atoms with van der Waals surface area (Å²) >= 11 is -5.43. The van der Waals surface area contributed by atoms with Gasteiger partial charge in [0.2, 0.25) is 0 Å². The van der Waals surface area contributed by atoms with Crippen molar-refractivity contribution < 1.29 is 35.4 Å². The predicted octanol–water partition coefficient (Wildman–Crippen LogP) is -1.15. The summed E-state index contributed by atoms with van der Waals surface area (Å²) in [5, 5.41) is 0. The van der Waals surface area contributed by atoms with Crippen molar-refractivity contribution >= 4 is 46.9 Å². The third-order valence-electron chi connectivity index (χ3n) is 1.07. The van der Waals surface area contributed by atoms with Crippen molar-refractivity contribution in [2.24, 2.45) is 0 Å². The molecule has 0 unspecified atom stereocenters. The van der Waals surface area contributed by atoms with E-state index in [1.807, 2.05) is 0 Å². The fourth-order valence-electron chi connectivity index (χ4n) is 0.829. The van der Waals surface area contributed by atoms with E-state index in [1.165, 1.54) is 0 Å². The normalized spacial score (nSPS) is 9.56. The van der Waals surface area contributed by atoms with Gasteiger partial charge in [-0.15, -0.1) is 0 Å². The second kappa shape index (κ2) is 7.97. The molecule has 0 rings (SSSR count). The smallest absolute Gasteiger partial charge is 0.412 e. The van der Waals surface area contributed by atoms with E-state index in [0.717, 1.165) is 27.7 Å². The Hall–Kier alpha value is -1.24. The monoisotopic (exact) mass is 462 g/mol. The first-order valence-electron chi connectivity index (χ1n) is 4.45. The quantitative estimate of drug-likeness (QED) is 0.479. The minimum atomic E-state index is -5.43. The SMILES string of the molecule is CC(=O)[O][Pb]([O]C(C)=O)([O]C(C)=O)[O]C(C)=O.O. The van der Waals surface area contributed by atoms with Crippen LogP contribution < -0.4 is 0 Å². The second-order valence-electron chi connectivity index (χ2n) is 2.87. The first-order valence-corrected chi connectivity index (χ1v) is 10.8. The van der Waals surface area contributed by atoms with Gasteiger partial charge in [0, 0.05) is 0 Å². The van der Waals surface area contributed by atoms with Crippen LogP contribution in [0.25, 0.3) is 0 Å². The summed E-state index contributed by atoms with van der Waals surface area (Å²) in [5.74, 6) is -3.52. The van der Waals surface area contributed by atoms with Crippen LogP contribution >= 0.6 is 0 Å². The molecule has 0 saturated carbocycles. The Morgan fingerprint density at radius 2 is 0.778 bits per heavy atom. The van der Waals surface area contributed by atoms with E-state index in [1.54, 1.807) is 0 Å². The Morgan fingerprint density at radius 1 is 0.611 bits per heavy atom. The Kier molecular flexibility index (Phi) is 8.46. The van der Waals surface area contributed by atoms with Gasteiger partial charge in [0.1, 0.15) is 0 Å². The largest absolute Gasteiger partial charge is 0.412 e. The Balaban J connectivity index is 0. The summed E-state index contributed by atoms with van der Waals surface area (Å²) in [4.78, 5) is 43.5. The fourth-order valence-corrected chi connectivity index (χ4v) is 7.28. The molecule has 10 heteroatoms. The number of carbonyl (C=O) groups is 4. The molecule has 0 spiro atoms. The summed E-state index contributed by atoms with van der Waals surface area (Å²) in [6.07, 6.45) is 0. The number of rotatable bonds is 4. The van der Waals surface area contributed by atoms with Gasteiger partial charge in [-0.3, -0.25) is 0 Å². The number of carbonyl (C=O) groups excluding carboxylic acids is 4. The van der Waals surface area contributed by atoms with Crippen LogP contribution in [0, 0.1) is 0 Å². The molecule has 0 radical (unpaired) electrons. The molecule has 0 saturated heterocycles. The van der Waals surface area contributed by atoms with Gasteiger partial charge in [0.25, 0.3) is 0 Å². The van der Waals surface area contributed by atoms with Crippen molar-refractivity contribution in [3.05, 3.63) is 0 Å². The molecule has 0 aromatic heterocycles. The molecule has 104 valence electrons. The van der Waals surface area contributed by atoms with Crippen LogP contribution in [-0.2, 0) is 29.9 Å². The zero-order valence-corrected chi connectivity index (χ0v) is 14.2. The van der Waals surface area contributed by atoms with Gasteiger partial charge in [0.15, 0.2) is 0 Å². The predicted molar refractivity (Wildman–Crippen MR) is 56.4 cm³/mol. The minimum absolute atomic E-state index is 0. The zero-order chi connectivity index (χ0) is 13.6. The molecule has 0 heterocycles. The zero-order valence-electron chi connectivity index (χ0n) is 10.3. The maximum absolute atomic E-state index is 10.9. The van der Waals surface area contributed by atoms with E-state index in [2.05, 4.69) is 10.7 Å². The Bertz CT molecular complexity index is 281. The molecular formula is C8H14O9Pb. The fraction of sp³-hybridized carbons (Fsp3) is 0.500. The summed E-state index contributed by atoms with van der Waals surface area (Å²) in [6, 6.07) is 0. The molecule has 0 aromatic rings. The second-order valence-corrected chi connectivity index (χ2v) is 9.94. The average Bonchev–Trinajstić information content (AvgIpc) is 1.95. The first-order chi connectivity index (χ1) is 7.67. The van der Waals surface area contributed by atoms with Crippen LogP contribution in [0.4, 0.5) is 0 Å². The van der Waals surface area contributed by atoms with Gasteiger partial charge in [0.05, 0.1) is 0 Å². The maximum Gasteiger partial charge on any atom is -0.412 e. The summed E-state index contributed by atoms with van der Waals surface area (Å²) in [7, 11) is 0. The van der Waals surface area contributed by atoms with E-state index in [9.17, 15) is 19.2 Å². The third-order valence-corrected chi connectivity index (χ3v) is 9.43. The molecular weight excluding hydrogens is 447 g/mol. The van der Waals surface area contributed by atoms with Crippen LogP contribution in [-0.4, -0.2) is 52.3 Å². The molecule has 0 aliphatic carbocycles. The van der Waals surface area contributed by atoms with Gasteiger partial charge in [-0.1, -0.05) is 0 Å². The number of hydrogen-bond donors (Lipinski definition) is 0. The van der Waals surface area contributed by atoms with E-state index in [0.29, 0.717) is 0 Å². The van der Waals surface area contributed by atoms with Crippen LogP contribution in [0.5, 0.6) is 0 Å². The van der Waals surface area contributed by atoms with E-state index >= 15 is 0 Å².